The van der Waals surface area contributed by atoms with Gasteiger partial charge in [0.25, 0.3) is 0 Å². The minimum absolute atomic E-state index is 0.00987. The Kier molecular flexibility index (Phi) is 5.02. The van der Waals surface area contributed by atoms with Crippen LogP contribution in [0.2, 0.25) is 0 Å². The fourth-order valence-electron chi connectivity index (χ4n) is 2.71. The second-order valence-corrected chi connectivity index (χ2v) is 5.71. The van der Waals surface area contributed by atoms with Gasteiger partial charge in [-0.1, -0.05) is 12.1 Å². The Morgan fingerprint density at radius 3 is 3.09 bits per heavy atom. The molecule has 0 radical (unpaired) electrons. The lowest BCUT2D eigenvalue weighted by Gasteiger charge is -2.23. The fourth-order valence-corrected chi connectivity index (χ4v) is 2.71. The molecule has 0 aliphatic carbocycles. The number of nitrogens with one attached hydrogen (secondary N) is 2. The highest BCUT2D eigenvalue weighted by Crippen LogP contribution is 2.23. The van der Waals surface area contributed by atoms with Crippen LogP contribution in [0.25, 0.3) is 11.3 Å². The summed E-state index contributed by atoms with van der Waals surface area (Å²) in [6, 6.07) is 6.59. The molecule has 6 heteroatoms. The molecule has 0 unspecified atom stereocenters. The van der Waals surface area contributed by atoms with E-state index in [2.05, 4.69) is 15.6 Å². The molecule has 1 saturated heterocycles. The van der Waals surface area contributed by atoms with Crippen LogP contribution in [-0.4, -0.2) is 30.0 Å². The van der Waals surface area contributed by atoms with Crippen LogP contribution in [0.1, 0.15) is 25.2 Å². The van der Waals surface area contributed by atoms with Crippen LogP contribution in [0.4, 0.5) is 4.39 Å². The van der Waals surface area contributed by atoms with Gasteiger partial charge in [-0.2, -0.15) is 0 Å². The number of aromatic nitrogens is 1. The van der Waals surface area contributed by atoms with Crippen LogP contribution >= 0.6 is 0 Å². The number of piperidine rings is 1. The summed E-state index contributed by atoms with van der Waals surface area (Å²) in [6.45, 7) is 1.84. The van der Waals surface area contributed by atoms with Gasteiger partial charge in [-0.05, 0) is 31.5 Å². The topological polar surface area (TPSA) is 67.2 Å². The van der Waals surface area contributed by atoms with Gasteiger partial charge in [0.05, 0.1) is 11.8 Å². The molecule has 1 fully saturated rings. The monoisotopic (exact) mass is 317 g/mol. The number of hydrogen-bond donors (Lipinski definition) is 2. The zero-order valence-corrected chi connectivity index (χ0v) is 12.8. The largest absolute Gasteiger partial charge is 0.441 e. The van der Waals surface area contributed by atoms with Crippen LogP contribution in [0.3, 0.4) is 0 Å². The number of nitrogens with zero attached hydrogens (tertiary/aromatic N) is 1. The fraction of sp³-hybridized carbons (Fsp3) is 0.412. The quantitative estimate of drug-likeness (QED) is 0.888. The second kappa shape index (κ2) is 7.37. The van der Waals surface area contributed by atoms with Crippen molar-refractivity contribution in [2.45, 2.75) is 31.7 Å². The lowest BCUT2D eigenvalue weighted by Crippen LogP contribution is -2.45. The zero-order chi connectivity index (χ0) is 16.1. The molecule has 5 nitrogen and oxygen atoms in total. The number of carbonyl (C=O) groups excluding carboxylic acids is 1. The molecular formula is C17H20FN3O2. The van der Waals surface area contributed by atoms with Gasteiger partial charge in [0.15, 0.2) is 11.7 Å². The molecule has 0 saturated carbocycles. The van der Waals surface area contributed by atoms with E-state index in [4.69, 9.17) is 4.42 Å². The lowest BCUT2D eigenvalue weighted by molar-refractivity contribution is -0.121. The summed E-state index contributed by atoms with van der Waals surface area (Å²) in [5.41, 5.74) is 0.379. The summed E-state index contributed by atoms with van der Waals surface area (Å²) < 4.78 is 19.2. The maximum Gasteiger partial charge on any atom is 0.220 e. The Morgan fingerprint density at radius 1 is 1.43 bits per heavy atom. The first kappa shape index (κ1) is 15.7. The van der Waals surface area contributed by atoms with Crippen LogP contribution in [0.15, 0.2) is 34.9 Å². The number of halogens is 1. The van der Waals surface area contributed by atoms with Crippen LogP contribution in [-0.2, 0) is 11.2 Å². The highest BCUT2D eigenvalue weighted by molar-refractivity contribution is 5.76. The highest BCUT2D eigenvalue weighted by Gasteiger charge is 2.16. The molecule has 1 aromatic carbocycles. The summed E-state index contributed by atoms with van der Waals surface area (Å²) >= 11 is 0. The molecule has 1 amide bonds. The van der Waals surface area contributed by atoms with Gasteiger partial charge in [-0.25, -0.2) is 9.37 Å². The predicted octanol–water partition coefficient (Wildman–Crippen LogP) is 2.28. The summed E-state index contributed by atoms with van der Waals surface area (Å²) in [5.74, 6) is 0.470. The van der Waals surface area contributed by atoms with Gasteiger partial charge in [-0.15, -0.1) is 0 Å². The Balaban J connectivity index is 1.53. The first-order chi connectivity index (χ1) is 11.2. The van der Waals surface area contributed by atoms with Crippen molar-refractivity contribution in [3.05, 3.63) is 42.2 Å². The molecule has 1 aromatic heterocycles. The van der Waals surface area contributed by atoms with Crippen molar-refractivity contribution in [2.24, 2.45) is 0 Å². The van der Waals surface area contributed by atoms with Crippen molar-refractivity contribution in [1.82, 2.24) is 15.6 Å². The number of hydrogen-bond acceptors (Lipinski definition) is 4. The molecule has 2 aromatic rings. The Hall–Kier alpha value is -2.21. The number of oxazole rings is 1. The summed E-state index contributed by atoms with van der Waals surface area (Å²) in [7, 11) is 0. The van der Waals surface area contributed by atoms with Gasteiger partial charge in [0.1, 0.15) is 5.82 Å². The van der Waals surface area contributed by atoms with Gasteiger partial charge in [-0.3, -0.25) is 4.79 Å². The van der Waals surface area contributed by atoms with E-state index in [1.165, 1.54) is 12.3 Å². The number of amides is 1. The predicted molar refractivity (Wildman–Crippen MR) is 84.3 cm³/mol. The molecule has 2 heterocycles. The maximum absolute atomic E-state index is 13.7. The summed E-state index contributed by atoms with van der Waals surface area (Å²) in [6.07, 6.45) is 4.30. The molecule has 1 aliphatic heterocycles. The van der Waals surface area contributed by atoms with Gasteiger partial charge in [0, 0.05) is 25.4 Å². The third kappa shape index (κ3) is 4.16. The average Bonchev–Trinajstić information content (AvgIpc) is 3.03. The normalized spacial score (nSPS) is 17.9. The van der Waals surface area contributed by atoms with E-state index in [-0.39, 0.29) is 17.8 Å². The van der Waals surface area contributed by atoms with E-state index in [1.807, 2.05) is 0 Å². The van der Waals surface area contributed by atoms with E-state index < -0.39 is 0 Å². The van der Waals surface area contributed by atoms with Crippen LogP contribution in [0, 0.1) is 5.82 Å². The molecule has 2 N–H and O–H groups in total. The highest BCUT2D eigenvalue weighted by atomic mass is 19.1. The molecular weight excluding hydrogens is 297 g/mol. The SMILES string of the molecule is O=C(CCc1ncc(-c2ccccc2F)o1)N[C@H]1CCCNC1. The van der Waals surface area contributed by atoms with E-state index in [0.717, 1.165) is 25.9 Å². The molecule has 0 spiro atoms. The summed E-state index contributed by atoms with van der Waals surface area (Å²) in [4.78, 5) is 16.1. The standard InChI is InChI=1S/C17H20FN3O2/c18-14-6-2-1-5-13(14)15-11-20-17(23-15)8-7-16(22)21-12-4-3-9-19-10-12/h1-2,5-6,11-12,19H,3-4,7-10H2,(H,21,22)/t12-/m0/s1. The van der Waals surface area contributed by atoms with Crippen molar-refractivity contribution < 1.29 is 13.6 Å². The molecule has 1 aliphatic rings. The first-order valence-corrected chi connectivity index (χ1v) is 7.92. The number of benzene rings is 1. The number of carbonyl (C=O) groups is 1. The number of rotatable bonds is 5. The Bertz CT molecular complexity index is 665. The average molecular weight is 317 g/mol. The van der Waals surface area contributed by atoms with E-state index in [0.29, 0.717) is 30.1 Å². The van der Waals surface area contributed by atoms with Crippen LogP contribution in [0.5, 0.6) is 0 Å². The van der Waals surface area contributed by atoms with E-state index >= 15 is 0 Å². The third-order valence-corrected chi connectivity index (χ3v) is 3.92. The molecule has 3 rings (SSSR count). The van der Waals surface area contributed by atoms with Crippen molar-refractivity contribution in [2.75, 3.05) is 13.1 Å². The van der Waals surface area contributed by atoms with Crippen molar-refractivity contribution in [3.8, 4) is 11.3 Å². The van der Waals surface area contributed by atoms with Gasteiger partial charge in [0.2, 0.25) is 5.91 Å². The van der Waals surface area contributed by atoms with Crippen molar-refractivity contribution >= 4 is 5.91 Å². The summed E-state index contributed by atoms with van der Waals surface area (Å²) in [5, 5.41) is 6.27. The minimum atomic E-state index is -0.349. The first-order valence-electron chi connectivity index (χ1n) is 7.92. The Labute approximate surface area is 134 Å². The van der Waals surface area contributed by atoms with Crippen LogP contribution < -0.4 is 10.6 Å². The van der Waals surface area contributed by atoms with E-state index in [1.54, 1.807) is 18.2 Å². The molecule has 23 heavy (non-hydrogen) atoms. The molecule has 1 atom stereocenters. The number of aryl methyl sites for hydroxylation is 1. The minimum Gasteiger partial charge on any atom is -0.441 e. The van der Waals surface area contributed by atoms with Crippen molar-refractivity contribution in [3.63, 3.8) is 0 Å². The van der Waals surface area contributed by atoms with Gasteiger partial charge < -0.3 is 15.1 Å². The molecule has 0 bridgehead atoms. The van der Waals surface area contributed by atoms with Gasteiger partial charge >= 0.3 is 0 Å². The Morgan fingerprint density at radius 2 is 2.30 bits per heavy atom. The third-order valence-electron chi connectivity index (χ3n) is 3.92. The second-order valence-electron chi connectivity index (χ2n) is 5.71. The molecule has 122 valence electrons. The van der Waals surface area contributed by atoms with E-state index in [9.17, 15) is 9.18 Å². The zero-order valence-electron chi connectivity index (χ0n) is 12.8. The maximum atomic E-state index is 13.7. The lowest BCUT2D eigenvalue weighted by atomic mass is 10.1. The van der Waals surface area contributed by atoms with Crippen molar-refractivity contribution in [1.29, 1.82) is 0 Å². The smallest absolute Gasteiger partial charge is 0.220 e.